The maximum Gasteiger partial charge on any atom is 0.147 e. The van der Waals surface area contributed by atoms with E-state index in [9.17, 15) is 4.39 Å². The van der Waals surface area contributed by atoms with Crippen LogP contribution in [0.15, 0.2) is 12.3 Å². The van der Waals surface area contributed by atoms with E-state index in [4.69, 9.17) is 17.3 Å². The molecule has 0 saturated heterocycles. The molecule has 0 atom stereocenters. The predicted octanol–water partition coefficient (Wildman–Crippen LogP) is 1.88. The summed E-state index contributed by atoms with van der Waals surface area (Å²) in [6, 6.07) is 1.15. The van der Waals surface area contributed by atoms with Crippen molar-refractivity contribution in [2.45, 2.75) is 0 Å². The lowest BCUT2D eigenvalue weighted by atomic mass is 10.4. The van der Waals surface area contributed by atoms with Crippen LogP contribution >= 0.6 is 24.0 Å². The molecule has 0 unspecified atom stereocenters. The third kappa shape index (κ3) is 1.72. The fourth-order valence-electron chi connectivity index (χ4n) is 0.435. The van der Waals surface area contributed by atoms with Crippen LogP contribution in [0.2, 0.25) is 5.02 Å². The topological polar surface area (TPSA) is 38.9 Å². The number of halogens is 3. The number of hydrogen-bond donors (Lipinski definition) is 1. The van der Waals surface area contributed by atoms with Gasteiger partial charge in [-0.2, -0.15) is 0 Å². The van der Waals surface area contributed by atoms with Crippen LogP contribution in [-0.4, -0.2) is 4.98 Å². The molecule has 0 aliphatic rings. The number of nitrogens with two attached hydrogens (primary N) is 1. The molecule has 1 heterocycles. The molecule has 0 amide bonds. The van der Waals surface area contributed by atoms with Crippen LogP contribution in [-0.2, 0) is 0 Å². The molecule has 5 heteroatoms. The van der Waals surface area contributed by atoms with Gasteiger partial charge in [-0.3, -0.25) is 0 Å². The van der Waals surface area contributed by atoms with Gasteiger partial charge in [-0.1, -0.05) is 11.6 Å². The molecule has 0 aliphatic heterocycles. The Morgan fingerprint density at radius 2 is 2.20 bits per heavy atom. The standard InChI is InChI=1S/C5H4ClFN2.ClH/c6-4-3(7)1-2-9-5(4)8;/h1-2H,(H2,8,9);1H. The normalized spacial score (nSPS) is 8.60. The Hall–Kier alpha value is -0.540. The third-order valence-corrected chi connectivity index (χ3v) is 1.24. The maximum absolute atomic E-state index is 12.3. The average Bonchev–Trinajstić information content (AvgIpc) is 1.83. The minimum atomic E-state index is -0.538. The highest BCUT2D eigenvalue weighted by Gasteiger charge is 2.00. The molecule has 0 spiro atoms. The van der Waals surface area contributed by atoms with Crippen molar-refractivity contribution in [3.63, 3.8) is 0 Å². The van der Waals surface area contributed by atoms with Crippen LogP contribution in [0.25, 0.3) is 0 Å². The fraction of sp³-hybridized carbons (Fsp3) is 0. The molecular weight excluding hydrogens is 178 g/mol. The van der Waals surface area contributed by atoms with Crippen molar-refractivity contribution in [1.29, 1.82) is 0 Å². The van der Waals surface area contributed by atoms with Gasteiger partial charge >= 0.3 is 0 Å². The second-order valence-electron chi connectivity index (χ2n) is 1.49. The summed E-state index contributed by atoms with van der Waals surface area (Å²) in [6.45, 7) is 0. The Kier molecular flexibility index (Phi) is 3.39. The molecular formula is C5H5Cl2FN2. The summed E-state index contributed by atoms with van der Waals surface area (Å²) >= 11 is 5.32. The monoisotopic (exact) mass is 182 g/mol. The second-order valence-corrected chi connectivity index (χ2v) is 1.87. The molecule has 0 fully saturated rings. The van der Waals surface area contributed by atoms with E-state index in [0.29, 0.717) is 0 Å². The number of nitrogens with zero attached hydrogens (tertiary/aromatic N) is 1. The Morgan fingerprint density at radius 3 is 2.60 bits per heavy atom. The van der Waals surface area contributed by atoms with Crippen molar-refractivity contribution in [1.82, 2.24) is 4.98 Å². The highest BCUT2D eigenvalue weighted by Crippen LogP contribution is 2.17. The van der Waals surface area contributed by atoms with E-state index in [1.165, 1.54) is 6.20 Å². The van der Waals surface area contributed by atoms with Gasteiger partial charge in [-0.15, -0.1) is 12.4 Å². The van der Waals surface area contributed by atoms with Gasteiger partial charge in [0.15, 0.2) is 0 Å². The number of aromatic nitrogens is 1. The molecule has 10 heavy (non-hydrogen) atoms. The highest BCUT2D eigenvalue weighted by molar-refractivity contribution is 6.32. The van der Waals surface area contributed by atoms with Gasteiger partial charge in [-0.05, 0) is 6.07 Å². The van der Waals surface area contributed by atoms with Gasteiger partial charge < -0.3 is 5.73 Å². The van der Waals surface area contributed by atoms with Gasteiger partial charge in [0.25, 0.3) is 0 Å². The van der Waals surface area contributed by atoms with E-state index in [-0.39, 0.29) is 23.2 Å². The molecule has 56 valence electrons. The Labute approximate surface area is 68.6 Å². The van der Waals surface area contributed by atoms with E-state index >= 15 is 0 Å². The Bertz CT molecular complexity index is 209. The summed E-state index contributed by atoms with van der Waals surface area (Å²) in [5.74, 6) is -0.513. The van der Waals surface area contributed by atoms with Gasteiger partial charge in [0.2, 0.25) is 0 Å². The van der Waals surface area contributed by atoms with Crippen molar-refractivity contribution in [2.75, 3.05) is 5.73 Å². The highest BCUT2D eigenvalue weighted by atomic mass is 35.5. The van der Waals surface area contributed by atoms with Crippen LogP contribution in [0.3, 0.4) is 0 Å². The lowest BCUT2D eigenvalue weighted by molar-refractivity contribution is 0.627. The first kappa shape index (κ1) is 9.46. The average molecular weight is 183 g/mol. The molecule has 0 bridgehead atoms. The van der Waals surface area contributed by atoms with Crippen LogP contribution in [0.5, 0.6) is 0 Å². The van der Waals surface area contributed by atoms with Crippen LogP contribution in [0.4, 0.5) is 10.2 Å². The van der Waals surface area contributed by atoms with Gasteiger partial charge in [0, 0.05) is 6.20 Å². The predicted molar refractivity (Wildman–Crippen MR) is 40.9 cm³/mol. The summed E-state index contributed by atoms with van der Waals surface area (Å²) in [4.78, 5) is 3.55. The molecule has 1 rings (SSSR count). The molecule has 2 nitrogen and oxygen atoms in total. The summed E-state index contributed by atoms with van der Waals surface area (Å²) in [5, 5.41) is -0.113. The van der Waals surface area contributed by atoms with Gasteiger partial charge in [-0.25, -0.2) is 9.37 Å². The Morgan fingerprint density at radius 1 is 1.60 bits per heavy atom. The number of rotatable bonds is 0. The van der Waals surface area contributed by atoms with Crippen LogP contribution < -0.4 is 5.73 Å². The first-order valence-electron chi connectivity index (χ1n) is 2.27. The zero-order valence-electron chi connectivity index (χ0n) is 4.84. The molecule has 1 aromatic rings. The molecule has 0 aromatic carbocycles. The number of nitrogen functional groups attached to an aromatic ring is 1. The van der Waals surface area contributed by atoms with Gasteiger partial charge in [0.05, 0.1) is 0 Å². The molecule has 0 aliphatic carbocycles. The Balaban J connectivity index is 0.000000810. The minimum absolute atomic E-state index is 0. The number of pyridine rings is 1. The molecule has 0 radical (unpaired) electrons. The summed E-state index contributed by atoms with van der Waals surface area (Å²) in [6.07, 6.45) is 1.26. The quantitative estimate of drug-likeness (QED) is 0.666. The zero-order valence-corrected chi connectivity index (χ0v) is 6.42. The number of anilines is 1. The zero-order chi connectivity index (χ0) is 6.85. The van der Waals surface area contributed by atoms with Crippen molar-refractivity contribution < 1.29 is 4.39 Å². The minimum Gasteiger partial charge on any atom is -0.382 e. The third-order valence-electron chi connectivity index (χ3n) is 0.869. The van der Waals surface area contributed by atoms with Crippen molar-refractivity contribution >= 4 is 29.8 Å². The summed E-state index contributed by atoms with van der Waals surface area (Å²) in [7, 11) is 0. The summed E-state index contributed by atoms with van der Waals surface area (Å²) in [5.41, 5.74) is 5.14. The van der Waals surface area contributed by atoms with Crippen molar-refractivity contribution in [2.24, 2.45) is 0 Å². The van der Waals surface area contributed by atoms with E-state index in [1.54, 1.807) is 0 Å². The van der Waals surface area contributed by atoms with E-state index in [2.05, 4.69) is 4.98 Å². The van der Waals surface area contributed by atoms with E-state index in [1.807, 2.05) is 0 Å². The molecule has 2 N–H and O–H groups in total. The van der Waals surface area contributed by atoms with Crippen molar-refractivity contribution in [3.05, 3.63) is 23.1 Å². The van der Waals surface area contributed by atoms with Crippen molar-refractivity contribution in [3.8, 4) is 0 Å². The van der Waals surface area contributed by atoms with Gasteiger partial charge in [0.1, 0.15) is 16.7 Å². The van der Waals surface area contributed by atoms with E-state index < -0.39 is 5.82 Å². The fourth-order valence-corrected chi connectivity index (χ4v) is 0.547. The van der Waals surface area contributed by atoms with Crippen LogP contribution in [0.1, 0.15) is 0 Å². The molecule has 1 aromatic heterocycles. The SMILES string of the molecule is Cl.Nc1nccc(F)c1Cl. The maximum atomic E-state index is 12.3. The summed E-state index contributed by atoms with van der Waals surface area (Å²) < 4.78 is 12.3. The lowest BCUT2D eigenvalue weighted by Crippen LogP contribution is -1.91. The first-order valence-corrected chi connectivity index (χ1v) is 2.65. The first-order chi connectivity index (χ1) is 4.22. The lowest BCUT2D eigenvalue weighted by Gasteiger charge is -1.94. The number of hydrogen-bond acceptors (Lipinski definition) is 2. The van der Waals surface area contributed by atoms with E-state index in [0.717, 1.165) is 6.07 Å². The second kappa shape index (κ2) is 3.58. The smallest absolute Gasteiger partial charge is 0.147 e. The molecule has 0 saturated carbocycles. The van der Waals surface area contributed by atoms with Crippen LogP contribution in [0, 0.1) is 5.82 Å². The largest absolute Gasteiger partial charge is 0.382 e.